The maximum absolute atomic E-state index is 12.0. The first-order valence-electron chi connectivity index (χ1n) is 7.46. The molecule has 0 bridgehead atoms. The van der Waals surface area contributed by atoms with Gasteiger partial charge in [0.1, 0.15) is 5.76 Å². The Morgan fingerprint density at radius 2 is 2.20 bits per heavy atom. The van der Waals surface area contributed by atoms with Gasteiger partial charge in [0.2, 0.25) is 5.91 Å². The minimum absolute atomic E-state index is 0.124. The fraction of sp³-hybridized carbons (Fsp3) is 0.250. The molecule has 8 nitrogen and oxygen atoms in total. The number of carbonyl (C=O) groups excluding carboxylic acids is 3. The van der Waals surface area contributed by atoms with E-state index >= 15 is 0 Å². The van der Waals surface area contributed by atoms with E-state index in [-0.39, 0.29) is 18.1 Å². The molecule has 2 heterocycles. The van der Waals surface area contributed by atoms with E-state index in [0.29, 0.717) is 5.76 Å². The van der Waals surface area contributed by atoms with Crippen LogP contribution in [-0.4, -0.2) is 34.8 Å². The highest BCUT2D eigenvalue weighted by molar-refractivity contribution is 8.01. The van der Waals surface area contributed by atoms with Crippen LogP contribution in [0.5, 0.6) is 0 Å². The number of nitrogens with one attached hydrogen (secondary N) is 2. The number of aromatic nitrogens is 1. The van der Waals surface area contributed by atoms with Crippen LogP contribution in [0.4, 0.5) is 11.5 Å². The van der Waals surface area contributed by atoms with Crippen molar-refractivity contribution in [1.82, 2.24) is 5.16 Å². The van der Waals surface area contributed by atoms with Gasteiger partial charge in [0, 0.05) is 11.0 Å². The highest BCUT2D eigenvalue weighted by atomic mass is 32.2. The van der Waals surface area contributed by atoms with Crippen molar-refractivity contribution < 1.29 is 23.6 Å². The van der Waals surface area contributed by atoms with Crippen molar-refractivity contribution in [3.05, 3.63) is 36.1 Å². The number of hydrogen-bond acceptors (Lipinski definition) is 7. The van der Waals surface area contributed by atoms with Crippen LogP contribution in [-0.2, 0) is 19.1 Å². The van der Waals surface area contributed by atoms with Gasteiger partial charge in [-0.3, -0.25) is 14.4 Å². The first-order chi connectivity index (χ1) is 12.0. The molecule has 1 aliphatic rings. The van der Waals surface area contributed by atoms with E-state index in [1.165, 1.54) is 11.8 Å². The summed E-state index contributed by atoms with van der Waals surface area (Å²) in [6.07, 6.45) is -0.124. The van der Waals surface area contributed by atoms with E-state index in [1.807, 2.05) is 18.2 Å². The zero-order valence-corrected chi connectivity index (χ0v) is 14.1. The molecule has 9 heteroatoms. The number of anilines is 2. The first kappa shape index (κ1) is 17.0. The summed E-state index contributed by atoms with van der Waals surface area (Å²) in [7, 11) is 0. The Labute approximate surface area is 147 Å². The van der Waals surface area contributed by atoms with Crippen LogP contribution in [0.2, 0.25) is 0 Å². The number of rotatable bonds is 5. The lowest BCUT2D eigenvalue weighted by Gasteiger charge is -2.23. The molecule has 2 amide bonds. The number of ether oxygens (including phenoxy) is 1. The van der Waals surface area contributed by atoms with Gasteiger partial charge in [0.25, 0.3) is 5.91 Å². The highest BCUT2D eigenvalue weighted by Gasteiger charge is 2.29. The number of hydrogen-bond donors (Lipinski definition) is 2. The molecule has 0 aliphatic carbocycles. The van der Waals surface area contributed by atoms with E-state index in [9.17, 15) is 14.4 Å². The zero-order valence-electron chi connectivity index (χ0n) is 13.3. The van der Waals surface area contributed by atoms with Crippen LogP contribution in [0, 0.1) is 6.92 Å². The minimum atomic E-state index is -0.626. The van der Waals surface area contributed by atoms with E-state index in [1.54, 1.807) is 19.1 Å². The Morgan fingerprint density at radius 1 is 1.40 bits per heavy atom. The van der Waals surface area contributed by atoms with Gasteiger partial charge in [-0.15, -0.1) is 11.8 Å². The number of fused-ring (bicyclic) bond motifs is 1. The molecule has 0 fully saturated rings. The number of amides is 2. The van der Waals surface area contributed by atoms with Gasteiger partial charge in [0.05, 0.1) is 17.4 Å². The van der Waals surface area contributed by atoms with Gasteiger partial charge in [-0.2, -0.15) is 0 Å². The maximum Gasteiger partial charge on any atom is 0.307 e. The van der Waals surface area contributed by atoms with Crippen molar-refractivity contribution in [3.63, 3.8) is 0 Å². The maximum atomic E-state index is 12.0. The summed E-state index contributed by atoms with van der Waals surface area (Å²) in [6, 6.07) is 8.88. The normalized spacial score (nSPS) is 15.9. The Balaban J connectivity index is 1.48. The van der Waals surface area contributed by atoms with Crippen molar-refractivity contribution in [2.24, 2.45) is 0 Å². The molecule has 2 aromatic rings. The van der Waals surface area contributed by atoms with E-state index in [0.717, 1.165) is 10.6 Å². The Hall–Kier alpha value is -2.81. The molecule has 0 radical (unpaired) electrons. The molecule has 130 valence electrons. The summed E-state index contributed by atoms with van der Waals surface area (Å²) in [4.78, 5) is 36.5. The highest BCUT2D eigenvalue weighted by Crippen LogP contribution is 2.36. The molecular formula is C16H15N3O5S. The summed E-state index contributed by atoms with van der Waals surface area (Å²) in [5.74, 6) is -0.625. The van der Waals surface area contributed by atoms with E-state index in [4.69, 9.17) is 9.26 Å². The average molecular weight is 361 g/mol. The second-order valence-electron chi connectivity index (χ2n) is 5.33. The number of thioether (sulfide) groups is 1. The monoisotopic (exact) mass is 361 g/mol. The summed E-state index contributed by atoms with van der Waals surface area (Å²) in [6.45, 7) is 1.23. The molecule has 0 spiro atoms. The third kappa shape index (κ3) is 4.38. The summed E-state index contributed by atoms with van der Waals surface area (Å²) < 4.78 is 9.73. The SMILES string of the molecule is Cc1cc(NC(=O)COC(=O)C[C@H]2Sc3ccccc3NC2=O)no1. The molecule has 0 unspecified atom stereocenters. The van der Waals surface area contributed by atoms with E-state index in [2.05, 4.69) is 15.8 Å². The van der Waals surface area contributed by atoms with Gasteiger partial charge in [0.15, 0.2) is 12.4 Å². The second kappa shape index (κ2) is 7.39. The lowest BCUT2D eigenvalue weighted by Crippen LogP contribution is -2.32. The predicted molar refractivity (Wildman–Crippen MR) is 90.2 cm³/mol. The number of aryl methyl sites for hydroxylation is 1. The van der Waals surface area contributed by atoms with Crippen molar-refractivity contribution in [3.8, 4) is 0 Å². The first-order valence-corrected chi connectivity index (χ1v) is 8.34. The third-order valence-electron chi connectivity index (χ3n) is 3.32. The quantitative estimate of drug-likeness (QED) is 0.783. The largest absolute Gasteiger partial charge is 0.456 e. The fourth-order valence-corrected chi connectivity index (χ4v) is 3.28. The summed E-state index contributed by atoms with van der Waals surface area (Å²) in [5.41, 5.74) is 0.726. The minimum Gasteiger partial charge on any atom is -0.456 e. The van der Waals surface area contributed by atoms with Crippen LogP contribution in [0.15, 0.2) is 39.8 Å². The van der Waals surface area contributed by atoms with Gasteiger partial charge in [-0.25, -0.2) is 0 Å². The molecule has 1 aliphatic heterocycles. The van der Waals surface area contributed by atoms with Gasteiger partial charge < -0.3 is 19.9 Å². The zero-order chi connectivity index (χ0) is 17.8. The lowest BCUT2D eigenvalue weighted by atomic mass is 10.2. The number of esters is 1. The standard InChI is InChI=1S/C16H15N3O5S/c1-9-6-13(19-24-9)18-14(20)8-23-15(21)7-12-16(22)17-10-4-2-3-5-11(10)25-12/h2-6,12H,7-8H2,1H3,(H,17,22)(H,18,19,20)/t12-/m1/s1. The number of benzene rings is 1. The Kier molecular flexibility index (Phi) is 5.03. The van der Waals surface area contributed by atoms with Crippen LogP contribution in [0.25, 0.3) is 0 Å². The third-order valence-corrected chi connectivity index (χ3v) is 4.59. The average Bonchev–Trinajstić information content (AvgIpc) is 2.98. The topological polar surface area (TPSA) is 111 Å². The smallest absolute Gasteiger partial charge is 0.307 e. The molecule has 1 atom stereocenters. The van der Waals surface area contributed by atoms with Crippen molar-refractivity contribution in [2.75, 3.05) is 17.2 Å². The fourth-order valence-electron chi connectivity index (χ4n) is 2.19. The predicted octanol–water partition coefficient (Wildman–Crippen LogP) is 1.97. The van der Waals surface area contributed by atoms with Crippen LogP contribution >= 0.6 is 11.8 Å². The van der Waals surface area contributed by atoms with E-state index < -0.39 is 23.7 Å². The molecular weight excluding hydrogens is 346 g/mol. The molecule has 3 rings (SSSR count). The second-order valence-corrected chi connectivity index (χ2v) is 6.57. The van der Waals surface area contributed by atoms with Crippen molar-refractivity contribution in [1.29, 1.82) is 0 Å². The lowest BCUT2D eigenvalue weighted by molar-refractivity contribution is -0.147. The van der Waals surface area contributed by atoms with Gasteiger partial charge in [-0.05, 0) is 19.1 Å². The molecule has 1 aromatic carbocycles. The number of carbonyl (C=O) groups is 3. The van der Waals surface area contributed by atoms with Crippen LogP contribution in [0.3, 0.4) is 0 Å². The molecule has 2 N–H and O–H groups in total. The molecule has 0 saturated heterocycles. The van der Waals surface area contributed by atoms with Gasteiger partial charge >= 0.3 is 5.97 Å². The Bertz CT molecular complexity index is 820. The molecule has 1 aromatic heterocycles. The summed E-state index contributed by atoms with van der Waals surface area (Å²) >= 11 is 1.30. The van der Waals surface area contributed by atoms with Gasteiger partial charge in [-0.1, -0.05) is 17.3 Å². The van der Waals surface area contributed by atoms with Crippen LogP contribution < -0.4 is 10.6 Å². The summed E-state index contributed by atoms with van der Waals surface area (Å²) in [5, 5.41) is 8.20. The van der Waals surface area contributed by atoms with Crippen molar-refractivity contribution >= 4 is 41.1 Å². The Morgan fingerprint density at radius 3 is 2.96 bits per heavy atom. The van der Waals surface area contributed by atoms with Crippen molar-refractivity contribution in [2.45, 2.75) is 23.5 Å². The molecule has 0 saturated carbocycles. The number of para-hydroxylation sites is 1. The molecule has 25 heavy (non-hydrogen) atoms. The number of nitrogens with zero attached hydrogens (tertiary/aromatic N) is 1. The van der Waals surface area contributed by atoms with Crippen LogP contribution in [0.1, 0.15) is 12.2 Å².